The molecule has 174 valence electrons. The summed E-state index contributed by atoms with van der Waals surface area (Å²) >= 11 is 0. The van der Waals surface area contributed by atoms with Gasteiger partial charge >= 0.3 is 12.0 Å². The van der Waals surface area contributed by atoms with Gasteiger partial charge in [-0.05, 0) is 6.42 Å². The standard InChI is InChI=1S/C22H30FN5O4/c1-3-5-6-7-8-9-10-11-17(30)31-13-22(4-2)15(29)12-16(32-22)28-14-25-18-19(24)26-21(23)27-20(18)28/h2,14-16,29H,3,5-13H2,1H3,(H2,24,26,27)/t15-,16+,22+/m0/s1. The summed E-state index contributed by atoms with van der Waals surface area (Å²) in [5.41, 5.74) is 4.50. The van der Waals surface area contributed by atoms with Crippen molar-refractivity contribution >= 4 is 23.0 Å². The number of anilines is 1. The highest BCUT2D eigenvalue weighted by molar-refractivity contribution is 5.81. The number of unbranched alkanes of at least 4 members (excludes halogenated alkanes) is 6. The number of aliphatic hydroxyl groups excluding tert-OH is 1. The molecular formula is C22H30FN5O4. The first kappa shape index (κ1) is 23.9. The number of imidazole rings is 1. The number of ether oxygens (including phenoxy) is 2. The number of rotatable bonds is 11. The maximum absolute atomic E-state index is 13.6. The van der Waals surface area contributed by atoms with Crippen molar-refractivity contribution in [3.63, 3.8) is 0 Å². The van der Waals surface area contributed by atoms with Crippen molar-refractivity contribution in [2.24, 2.45) is 0 Å². The zero-order chi connectivity index (χ0) is 23.1. The smallest absolute Gasteiger partial charge is 0.312 e. The Morgan fingerprint density at radius 2 is 2.09 bits per heavy atom. The highest BCUT2D eigenvalue weighted by atomic mass is 19.1. The largest absolute Gasteiger partial charge is 0.461 e. The Labute approximate surface area is 186 Å². The molecule has 2 aromatic rings. The zero-order valence-electron chi connectivity index (χ0n) is 18.3. The number of carbonyl (C=O) groups is 1. The Balaban J connectivity index is 1.56. The van der Waals surface area contributed by atoms with E-state index >= 15 is 0 Å². The first-order chi connectivity index (χ1) is 15.4. The number of hydrogen-bond acceptors (Lipinski definition) is 8. The molecule has 0 saturated carbocycles. The third kappa shape index (κ3) is 5.34. The molecule has 0 aliphatic carbocycles. The van der Waals surface area contributed by atoms with Crippen LogP contribution in [0.15, 0.2) is 6.33 Å². The van der Waals surface area contributed by atoms with Crippen molar-refractivity contribution < 1.29 is 23.8 Å². The van der Waals surface area contributed by atoms with Crippen molar-refractivity contribution in [1.29, 1.82) is 0 Å². The first-order valence-corrected chi connectivity index (χ1v) is 11.0. The zero-order valence-corrected chi connectivity index (χ0v) is 18.3. The fourth-order valence-corrected chi connectivity index (χ4v) is 3.83. The predicted molar refractivity (Wildman–Crippen MR) is 116 cm³/mol. The van der Waals surface area contributed by atoms with Gasteiger partial charge in [0.2, 0.25) is 0 Å². The number of hydrogen-bond donors (Lipinski definition) is 2. The minimum absolute atomic E-state index is 0.0799. The predicted octanol–water partition coefficient (Wildman–Crippen LogP) is 2.88. The van der Waals surface area contributed by atoms with Crippen LogP contribution in [-0.2, 0) is 14.3 Å². The molecule has 0 spiro atoms. The van der Waals surface area contributed by atoms with Crippen LogP contribution in [0.5, 0.6) is 0 Å². The van der Waals surface area contributed by atoms with E-state index in [1.807, 2.05) is 0 Å². The molecule has 0 bridgehead atoms. The van der Waals surface area contributed by atoms with Gasteiger partial charge in [0.25, 0.3) is 0 Å². The molecule has 0 amide bonds. The van der Waals surface area contributed by atoms with E-state index < -0.39 is 24.0 Å². The van der Waals surface area contributed by atoms with Gasteiger partial charge in [0.05, 0.1) is 6.33 Å². The van der Waals surface area contributed by atoms with Crippen LogP contribution in [0.3, 0.4) is 0 Å². The molecule has 1 aliphatic rings. The SMILES string of the molecule is C#C[C@]1(COC(=O)CCCCCCCCC)O[C@@H](n2cnc3c(N)nc(F)nc32)C[C@@H]1O. The molecule has 0 radical (unpaired) electrons. The summed E-state index contributed by atoms with van der Waals surface area (Å²) in [4.78, 5) is 23.4. The van der Waals surface area contributed by atoms with Crippen molar-refractivity contribution in [1.82, 2.24) is 19.5 Å². The average molecular weight is 448 g/mol. The summed E-state index contributed by atoms with van der Waals surface area (Å²) in [7, 11) is 0. The maximum atomic E-state index is 13.6. The van der Waals surface area contributed by atoms with E-state index in [-0.39, 0.29) is 42.4 Å². The number of halogens is 1. The Morgan fingerprint density at radius 3 is 2.81 bits per heavy atom. The number of terminal acetylenes is 1. The van der Waals surface area contributed by atoms with Gasteiger partial charge in [0, 0.05) is 12.8 Å². The van der Waals surface area contributed by atoms with Crippen LogP contribution in [0, 0.1) is 18.4 Å². The van der Waals surface area contributed by atoms with Gasteiger partial charge in [-0.25, -0.2) is 4.98 Å². The number of esters is 1. The van der Waals surface area contributed by atoms with E-state index in [9.17, 15) is 14.3 Å². The summed E-state index contributed by atoms with van der Waals surface area (Å²) < 4.78 is 26.3. The molecule has 9 nitrogen and oxygen atoms in total. The summed E-state index contributed by atoms with van der Waals surface area (Å²) in [5.74, 6) is 1.94. The van der Waals surface area contributed by atoms with Crippen LogP contribution < -0.4 is 5.73 Å². The van der Waals surface area contributed by atoms with Crippen molar-refractivity contribution in [3.8, 4) is 12.3 Å². The summed E-state index contributed by atoms with van der Waals surface area (Å²) in [5, 5.41) is 10.6. The van der Waals surface area contributed by atoms with E-state index in [2.05, 4.69) is 27.8 Å². The Kier molecular flexibility index (Phi) is 7.99. The molecule has 0 aromatic carbocycles. The highest BCUT2D eigenvalue weighted by Crippen LogP contribution is 2.38. The van der Waals surface area contributed by atoms with E-state index in [1.165, 1.54) is 36.6 Å². The number of nitrogens with two attached hydrogens (primary N) is 1. The molecule has 32 heavy (non-hydrogen) atoms. The molecule has 0 unspecified atom stereocenters. The summed E-state index contributed by atoms with van der Waals surface area (Å²) in [6.45, 7) is 1.89. The van der Waals surface area contributed by atoms with Crippen LogP contribution in [-0.4, -0.2) is 48.9 Å². The minimum Gasteiger partial charge on any atom is -0.461 e. The lowest BCUT2D eigenvalue weighted by Crippen LogP contribution is -2.43. The molecule has 3 atom stereocenters. The van der Waals surface area contributed by atoms with Crippen molar-refractivity contribution in [2.45, 2.75) is 82.6 Å². The third-order valence-electron chi connectivity index (χ3n) is 5.72. The second-order valence-corrected chi connectivity index (χ2v) is 8.09. The van der Waals surface area contributed by atoms with Gasteiger partial charge in [-0.15, -0.1) is 6.42 Å². The van der Waals surface area contributed by atoms with Gasteiger partial charge in [0.15, 0.2) is 22.6 Å². The number of nitrogen functional groups attached to an aromatic ring is 1. The lowest BCUT2D eigenvalue weighted by atomic mass is 9.99. The van der Waals surface area contributed by atoms with Gasteiger partial charge in [0.1, 0.15) is 18.9 Å². The molecular weight excluding hydrogens is 417 g/mol. The number of fused-ring (bicyclic) bond motifs is 1. The minimum atomic E-state index is -1.52. The number of aromatic nitrogens is 4. The lowest BCUT2D eigenvalue weighted by Gasteiger charge is -2.26. The normalized spacial score (nSPS) is 22.8. The van der Waals surface area contributed by atoms with E-state index in [1.54, 1.807) is 0 Å². The number of carbonyl (C=O) groups excluding carboxylic acids is 1. The molecule has 2 aromatic heterocycles. The van der Waals surface area contributed by atoms with Gasteiger partial charge in [-0.1, -0.05) is 51.4 Å². The monoisotopic (exact) mass is 447 g/mol. The first-order valence-electron chi connectivity index (χ1n) is 11.0. The fourth-order valence-electron chi connectivity index (χ4n) is 3.83. The second-order valence-electron chi connectivity index (χ2n) is 8.09. The van der Waals surface area contributed by atoms with Gasteiger partial charge in [-0.2, -0.15) is 14.4 Å². The maximum Gasteiger partial charge on any atom is 0.312 e. The molecule has 3 N–H and O–H groups in total. The van der Waals surface area contributed by atoms with E-state index in [0.717, 1.165) is 19.3 Å². The fraction of sp³-hybridized carbons (Fsp3) is 0.636. The van der Waals surface area contributed by atoms with Crippen molar-refractivity contribution in [3.05, 3.63) is 12.4 Å². The molecule has 1 fully saturated rings. The van der Waals surface area contributed by atoms with Crippen LogP contribution >= 0.6 is 0 Å². The van der Waals surface area contributed by atoms with Crippen LogP contribution in [0.1, 0.15) is 70.9 Å². The molecule has 1 saturated heterocycles. The van der Waals surface area contributed by atoms with Gasteiger partial charge < -0.3 is 20.3 Å². The quantitative estimate of drug-likeness (QED) is 0.233. The third-order valence-corrected chi connectivity index (χ3v) is 5.72. The molecule has 10 heteroatoms. The topological polar surface area (TPSA) is 125 Å². The average Bonchev–Trinajstić information content (AvgIpc) is 3.33. The second kappa shape index (κ2) is 10.7. The van der Waals surface area contributed by atoms with E-state index in [4.69, 9.17) is 21.6 Å². The summed E-state index contributed by atoms with van der Waals surface area (Å²) in [6.07, 6.45) is 12.1. The Bertz CT molecular complexity index is 975. The molecule has 3 rings (SSSR count). The Morgan fingerprint density at radius 1 is 1.38 bits per heavy atom. The lowest BCUT2D eigenvalue weighted by molar-refractivity contribution is -0.156. The van der Waals surface area contributed by atoms with E-state index in [0.29, 0.717) is 0 Å². The molecule has 1 aliphatic heterocycles. The van der Waals surface area contributed by atoms with Crippen molar-refractivity contribution in [2.75, 3.05) is 12.3 Å². The van der Waals surface area contributed by atoms with Crippen LogP contribution in [0.4, 0.5) is 10.2 Å². The molecule has 3 heterocycles. The number of aliphatic hydroxyl groups is 1. The van der Waals surface area contributed by atoms with Crippen LogP contribution in [0.25, 0.3) is 11.2 Å². The Hall–Kier alpha value is -2.77. The van der Waals surface area contributed by atoms with Crippen LogP contribution in [0.2, 0.25) is 0 Å². The van der Waals surface area contributed by atoms with Gasteiger partial charge in [-0.3, -0.25) is 9.36 Å². The summed E-state index contributed by atoms with van der Waals surface area (Å²) in [6, 6.07) is 0. The highest BCUT2D eigenvalue weighted by Gasteiger charge is 2.49. The number of nitrogens with zero attached hydrogens (tertiary/aromatic N) is 4.